The Morgan fingerprint density at radius 3 is 2.64 bits per heavy atom. The average molecular weight is 214 g/mol. The molecule has 1 rings (SSSR count). The van der Waals surface area contributed by atoms with Crippen LogP contribution in [0.1, 0.15) is 19.4 Å². The van der Waals surface area contributed by atoms with Crippen molar-refractivity contribution in [3.05, 3.63) is 29.0 Å². The van der Waals surface area contributed by atoms with Crippen LogP contribution in [-0.4, -0.2) is 16.1 Å². The summed E-state index contributed by atoms with van der Waals surface area (Å²) in [6, 6.07) is 3.45. The Labute approximate surface area is 87.7 Å². The minimum absolute atomic E-state index is 0.418. The van der Waals surface area contributed by atoms with E-state index in [2.05, 4.69) is 4.98 Å². The number of hydrogen-bond donors (Lipinski definition) is 1. The van der Waals surface area contributed by atoms with Crippen molar-refractivity contribution in [2.45, 2.75) is 20.3 Å². The number of carbonyl (C=O) groups is 1. The molecule has 0 saturated heterocycles. The van der Waals surface area contributed by atoms with Gasteiger partial charge in [-0.3, -0.25) is 4.79 Å². The maximum absolute atomic E-state index is 10.8. The van der Waals surface area contributed by atoms with E-state index in [0.717, 1.165) is 5.56 Å². The normalized spacial score (nSPS) is 11.4. The molecule has 0 spiro atoms. The summed E-state index contributed by atoms with van der Waals surface area (Å²) < 4.78 is 0. The zero-order valence-electron chi connectivity index (χ0n) is 8.12. The highest BCUT2D eigenvalue weighted by Gasteiger charge is 2.27. The molecule has 3 nitrogen and oxygen atoms in total. The number of halogens is 1. The van der Waals surface area contributed by atoms with Gasteiger partial charge < -0.3 is 5.11 Å². The summed E-state index contributed by atoms with van der Waals surface area (Å²) in [6.07, 6.45) is 2.06. The van der Waals surface area contributed by atoms with Crippen molar-refractivity contribution < 1.29 is 9.90 Å². The lowest BCUT2D eigenvalue weighted by molar-refractivity contribution is -0.146. The van der Waals surface area contributed by atoms with Crippen molar-refractivity contribution in [1.29, 1.82) is 0 Å². The third-order valence-corrected chi connectivity index (χ3v) is 2.24. The van der Waals surface area contributed by atoms with Gasteiger partial charge in [0.05, 0.1) is 5.41 Å². The van der Waals surface area contributed by atoms with Crippen LogP contribution in [0.2, 0.25) is 5.15 Å². The third-order valence-electron chi connectivity index (χ3n) is 2.01. The van der Waals surface area contributed by atoms with Gasteiger partial charge in [-0.15, -0.1) is 0 Å². The molecule has 0 saturated carbocycles. The number of carboxylic acids is 1. The standard InChI is InChI=1S/C10H12ClNO2/c1-10(2,9(13)14)5-7-3-4-8(11)12-6-7/h3-4,6H,5H2,1-2H3,(H,13,14). The smallest absolute Gasteiger partial charge is 0.309 e. The molecule has 1 N–H and O–H groups in total. The van der Waals surface area contributed by atoms with Gasteiger partial charge in [-0.05, 0) is 31.9 Å². The highest BCUT2D eigenvalue weighted by molar-refractivity contribution is 6.29. The van der Waals surface area contributed by atoms with Crippen molar-refractivity contribution >= 4 is 17.6 Å². The largest absolute Gasteiger partial charge is 0.481 e. The summed E-state index contributed by atoms with van der Waals surface area (Å²) in [4.78, 5) is 14.7. The predicted octanol–water partition coefficient (Wildman–Crippen LogP) is 2.39. The molecule has 0 radical (unpaired) electrons. The quantitative estimate of drug-likeness (QED) is 0.785. The van der Waals surface area contributed by atoms with E-state index in [4.69, 9.17) is 16.7 Å². The van der Waals surface area contributed by atoms with Crippen LogP contribution in [-0.2, 0) is 11.2 Å². The fourth-order valence-corrected chi connectivity index (χ4v) is 1.21. The average Bonchev–Trinajstić information content (AvgIpc) is 2.08. The van der Waals surface area contributed by atoms with Gasteiger partial charge in [-0.2, -0.15) is 0 Å². The van der Waals surface area contributed by atoms with Gasteiger partial charge in [0, 0.05) is 6.20 Å². The Balaban J connectivity index is 2.79. The van der Waals surface area contributed by atoms with E-state index >= 15 is 0 Å². The Hall–Kier alpha value is -1.09. The summed E-state index contributed by atoms with van der Waals surface area (Å²) in [5, 5.41) is 9.33. The summed E-state index contributed by atoms with van der Waals surface area (Å²) in [6.45, 7) is 3.37. The van der Waals surface area contributed by atoms with Gasteiger partial charge in [-0.1, -0.05) is 17.7 Å². The summed E-state index contributed by atoms with van der Waals surface area (Å²) in [5.41, 5.74) is 0.108. The lowest BCUT2D eigenvalue weighted by atomic mass is 9.86. The number of hydrogen-bond acceptors (Lipinski definition) is 2. The van der Waals surface area contributed by atoms with Crippen molar-refractivity contribution in [2.75, 3.05) is 0 Å². The molecule has 0 unspecified atom stereocenters. The number of aliphatic carboxylic acids is 1. The number of carboxylic acid groups (broad SMARTS) is 1. The second-order valence-electron chi connectivity index (χ2n) is 3.85. The highest BCUT2D eigenvalue weighted by atomic mass is 35.5. The molecule has 0 aliphatic rings. The Morgan fingerprint density at radius 1 is 1.57 bits per heavy atom. The number of aromatic nitrogens is 1. The van der Waals surface area contributed by atoms with Gasteiger partial charge in [0.15, 0.2) is 0 Å². The highest BCUT2D eigenvalue weighted by Crippen LogP contribution is 2.22. The molecule has 4 heteroatoms. The summed E-state index contributed by atoms with van der Waals surface area (Å²) in [5.74, 6) is -0.813. The van der Waals surface area contributed by atoms with E-state index in [1.165, 1.54) is 0 Å². The second kappa shape index (κ2) is 3.96. The SMILES string of the molecule is CC(C)(Cc1ccc(Cl)nc1)C(=O)O. The molecule has 0 aliphatic carbocycles. The van der Waals surface area contributed by atoms with E-state index < -0.39 is 11.4 Å². The van der Waals surface area contributed by atoms with Crippen LogP contribution in [0.4, 0.5) is 0 Å². The van der Waals surface area contributed by atoms with Crippen LogP contribution < -0.4 is 0 Å². The van der Waals surface area contributed by atoms with Crippen molar-refractivity contribution in [2.24, 2.45) is 5.41 Å². The first-order valence-electron chi connectivity index (χ1n) is 4.25. The maximum Gasteiger partial charge on any atom is 0.309 e. The lowest BCUT2D eigenvalue weighted by Gasteiger charge is -2.18. The molecule has 1 aromatic heterocycles. The van der Waals surface area contributed by atoms with E-state index in [0.29, 0.717) is 11.6 Å². The van der Waals surface area contributed by atoms with Crippen molar-refractivity contribution in [3.63, 3.8) is 0 Å². The van der Waals surface area contributed by atoms with E-state index in [1.54, 1.807) is 32.2 Å². The van der Waals surface area contributed by atoms with Gasteiger partial charge in [0.2, 0.25) is 0 Å². The van der Waals surface area contributed by atoms with Crippen molar-refractivity contribution in [3.8, 4) is 0 Å². The Kier molecular flexibility index (Phi) is 3.11. The third kappa shape index (κ3) is 2.70. The number of nitrogens with zero attached hydrogens (tertiary/aromatic N) is 1. The molecule has 1 heterocycles. The maximum atomic E-state index is 10.8. The molecule has 0 aliphatic heterocycles. The fraction of sp³-hybridized carbons (Fsp3) is 0.400. The molecule has 0 aromatic carbocycles. The van der Waals surface area contributed by atoms with E-state index in [9.17, 15) is 4.79 Å². The first kappa shape index (κ1) is 11.0. The van der Waals surface area contributed by atoms with Gasteiger partial charge in [0.25, 0.3) is 0 Å². The van der Waals surface area contributed by atoms with Gasteiger partial charge >= 0.3 is 5.97 Å². The zero-order valence-corrected chi connectivity index (χ0v) is 8.88. The predicted molar refractivity (Wildman–Crippen MR) is 54.4 cm³/mol. The molecular weight excluding hydrogens is 202 g/mol. The molecule has 0 atom stereocenters. The second-order valence-corrected chi connectivity index (χ2v) is 4.24. The van der Waals surface area contributed by atoms with Crippen LogP contribution in [0.25, 0.3) is 0 Å². The minimum atomic E-state index is -0.813. The Morgan fingerprint density at radius 2 is 2.21 bits per heavy atom. The molecule has 76 valence electrons. The first-order chi connectivity index (χ1) is 6.42. The zero-order chi connectivity index (χ0) is 10.8. The van der Waals surface area contributed by atoms with Crippen LogP contribution >= 0.6 is 11.6 Å². The molecular formula is C10H12ClNO2. The van der Waals surface area contributed by atoms with Crippen LogP contribution in [0.5, 0.6) is 0 Å². The van der Waals surface area contributed by atoms with Crippen LogP contribution in [0, 0.1) is 5.41 Å². The molecule has 1 aromatic rings. The lowest BCUT2D eigenvalue weighted by Crippen LogP contribution is -2.26. The molecule has 14 heavy (non-hydrogen) atoms. The van der Waals surface area contributed by atoms with Gasteiger partial charge in [0.1, 0.15) is 5.15 Å². The summed E-state index contributed by atoms with van der Waals surface area (Å²) >= 11 is 5.62. The van der Waals surface area contributed by atoms with Crippen LogP contribution in [0.15, 0.2) is 18.3 Å². The number of rotatable bonds is 3. The molecule has 0 bridgehead atoms. The van der Waals surface area contributed by atoms with Gasteiger partial charge in [-0.25, -0.2) is 4.98 Å². The van der Waals surface area contributed by atoms with Crippen LogP contribution in [0.3, 0.4) is 0 Å². The molecule has 0 fully saturated rings. The first-order valence-corrected chi connectivity index (χ1v) is 4.63. The van der Waals surface area contributed by atoms with E-state index in [1.807, 2.05) is 0 Å². The topological polar surface area (TPSA) is 50.2 Å². The van der Waals surface area contributed by atoms with Crippen molar-refractivity contribution in [1.82, 2.24) is 4.98 Å². The minimum Gasteiger partial charge on any atom is -0.481 e. The fourth-order valence-electron chi connectivity index (χ4n) is 1.10. The number of pyridine rings is 1. The Bertz CT molecular complexity index is 332. The molecule has 0 amide bonds. The van der Waals surface area contributed by atoms with E-state index in [-0.39, 0.29) is 0 Å². The summed E-state index contributed by atoms with van der Waals surface area (Å²) in [7, 11) is 0. The monoisotopic (exact) mass is 213 g/mol.